The van der Waals surface area contributed by atoms with Crippen LogP contribution in [0.15, 0.2) is 18.3 Å². The second-order valence-corrected chi connectivity index (χ2v) is 5.80. The first-order valence-electron chi connectivity index (χ1n) is 7.05. The van der Waals surface area contributed by atoms with E-state index in [1.807, 2.05) is 40.0 Å². The number of aromatic nitrogens is 1. The Bertz CT molecular complexity index is 484. The molecule has 0 unspecified atom stereocenters. The number of hydrogen-bond donors (Lipinski definition) is 1. The van der Waals surface area contributed by atoms with Crippen LogP contribution in [0.25, 0.3) is 0 Å². The smallest absolute Gasteiger partial charge is 0.247 e. The number of aliphatic hydroxyl groups is 1. The van der Waals surface area contributed by atoms with Crippen molar-refractivity contribution in [3.63, 3.8) is 0 Å². The van der Waals surface area contributed by atoms with E-state index in [0.29, 0.717) is 18.7 Å². The van der Waals surface area contributed by atoms with E-state index in [-0.39, 0.29) is 5.91 Å². The lowest BCUT2D eigenvalue weighted by Gasteiger charge is -2.46. The molecule has 20 heavy (non-hydrogen) atoms. The summed E-state index contributed by atoms with van der Waals surface area (Å²) in [6, 6.07) is 3.77. The topological polar surface area (TPSA) is 56.7 Å². The fraction of sp³-hybridized carbons (Fsp3) is 0.600. The number of pyridine rings is 1. The maximum Gasteiger partial charge on any atom is 0.247 e. The van der Waals surface area contributed by atoms with Crippen molar-refractivity contribution in [1.82, 2.24) is 9.88 Å². The summed E-state index contributed by atoms with van der Waals surface area (Å²) in [4.78, 5) is 20.4. The minimum Gasteiger partial charge on any atom is -0.387 e. The SMILES string of the molecule is CC[C@H](O)c1ccc(N2CCN(C)C(=O)C2(C)C)cn1. The van der Waals surface area contributed by atoms with Gasteiger partial charge in [-0.25, -0.2) is 0 Å². The quantitative estimate of drug-likeness (QED) is 0.911. The van der Waals surface area contributed by atoms with Gasteiger partial charge in [0.2, 0.25) is 5.91 Å². The van der Waals surface area contributed by atoms with Gasteiger partial charge in [-0.3, -0.25) is 9.78 Å². The molecule has 0 spiro atoms. The number of hydrogen-bond acceptors (Lipinski definition) is 4. The molecule has 5 nitrogen and oxygen atoms in total. The number of carbonyl (C=O) groups is 1. The Morgan fingerprint density at radius 1 is 1.40 bits per heavy atom. The van der Waals surface area contributed by atoms with Crippen LogP contribution in [0.5, 0.6) is 0 Å². The molecule has 110 valence electrons. The molecule has 0 bridgehead atoms. The van der Waals surface area contributed by atoms with Crippen LogP contribution in [0.3, 0.4) is 0 Å². The molecule has 5 heteroatoms. The Kier molecular flexibility index (Phi) is 3.99. The highest BCUT2D eigenvalue weighted by Crippen LogP contribution is 2.28. The summed E-state index contributed by atoms with van der Waals surface area (Å²) in [5.74, 6) is 0.112. The van der Waals surface area contributed by atoms with Gasteiger partial charge in [-0.2, -0.15) is 0 Å². The van der Waals surface area contributed by atoms with Crippen LogP contribution in [0.4, 0.5) is 5.69 Å². The zero-order chi connectivity index (χ0) is 14.9. The van der Waals surface area contributed by atoms with Crippen LogP contribution in [0.1, 0.15) is 39.0 Å². The van der Waals surface area contributed by atoms with E-state index in [0.717, 1.165) is 12.2 Å². The third-order valence-corrected chi connectivity index (χ3v) is 4.01. The molecule has 1 aromatic rings. The van der Waals surface area contributed by atoms with Crippen molar-refractivity contribution in [3.05, 3.63) is 24.0 Å². The Balaban J connectivity index is 2.25. The average Bonchev–Trinajstić information content (AvgIpc) is 2.44. The third kappa shape index (κ3) is 2.50. The molecule has 1 saturated heterocycles. The van der Waals surface area contributed by atoms with Crippen molar-refractivity contribution in [2.45, 2.75) is 38.8 Å². The number of amides is 1. The van der Waals surface area contributed by atoms with E-state index >= 15 is 0 Å². The number of anilines is 1. The first-order chi connectivity index (χ1) is 9.37. The predicted molar refractivity (Wildman–Crippen MR) is 78.5 cm³/mol. The molecule has 1 aliphatic rings. The number of aliphatic hydroxyl groups excluding tert-OH is 1. The van der Waals surface area contributed by atoms with Gasteiger partial charge in [0, 0.05) is 20.1 Å². The molecular weight excluding hydrogens is 254 g/mol. The fourth-order valence-corrected chi connectivity index (χ4v) is 2.63. The van der Waals surface area contributed by atoms with E-state index in [2.05, 4.69) is 9.88 Å². The maximum atomic E-state index is 12.3. The fourth-order valence-electron chi connectivity index (χ4n) is 2.63. The summed E-state index contributed by atoms with van der Waals surface area (Å²) in [6.45, 7) is 7.27. The van der Waals surface area contributed by atoms with Gasteiger partial charge in [-0.1, -0.05) is 6.92 Å². The van der Waals surface area contributed by atoms with Gasteiger partial charge < -0.3 is 14.9 Å². The van der Waals surface area contributed by atoms with Crippen molar-refractivity contribution in [2.24, 2.45) is 0 Å². The summed E-state index contributed by atoms with van der Waals surface area (Å²) in [7, 11) is 1.83. The first kappa shape index (κ1) is 14.8. The van der Waals surface area contributed by atoms with Crippen molar-refractivity contribution in [1.29, 1.82) is 0 Å². The molecule has 0 saturated carbocycles. The van der Waals surface area contributed by atoms with Gasteiger partial charge in [0.25, 0.3) is 0 Å². The van der Waals surface area contributed by atoms with E-state index in [1.54, 1.807) is 11.1 Å². The Morgan fingerprint density at radius 2 is 2.10 bits per heavy atom. The molecule has 0 aromatic carbocycles. The summed E-state index contributed by atoms with van der Waals surface area (Å²) >= 11 is 0. The predicted octanol–water partition coefficient (Wildman–Crippen LogP) is 1.58. The van der Waals surface area contributed by atoms with Crippen LogP contribution in [0.2, 0.25) is 0 Å². The van der Waals surface area contributed by atoms with Crippen molar-refractivity contribution in [3.8, 4) is 0 Å². The highest BCUT2D eigenvalue weighted by molar-refractivity contribution is 5.90. The van der Waals surface area contributed by atoms with E-state index in [4.69, 9.17) is 0 Å². The van der Waals surface area contributed by atoms with E-state index < -0.39 is 11.6 Å². The monoisotopic (exact) mass is 277 g/mol. The standard InChI is InChI=1S/C15H23N3O2/c1-5-13(19)12-7-6-11(10-16-12)18-9-8-17(4)14(20)15(18,2)3/h6-7,10,13,19H,5,8-9H2,1-4H3/t13-/m0/s1. The largest absolute Gasteiger partial charge is 0.387 e. The van der Waals surface area contributed by atoms with Crippen LogP contribution >= 0.6 is 0 Å². The summed E-state index contributed by atoms with van der Waals surface area (Å²) in [5.41, 5.74) is 1.03. The van der Waals surface area contributed by atoms with Crippen LogP contribution < -0.4 is 4.90 Å². The van der Waals surface area contributed by atoms with Gasteiger partial charge in [0.15, 0.2) is 0 Å². The Morgan fingerprint density at radius 3 is 2.65 bits per heavy atom. The Labute approximate surface area is 120 Å². The Hall–Kier alpha value is -1.62. The van der Waals surface area contributed by atoms with Gasteiger partial charge in [-0.05, 0) is 32.4 Å². The molecule has 1 aromatic heterocycles. The molecule has 0 radical (unpaired) electrons. The average molecular weight is 277 g/mol. The number of nitrogens with zero attached hydrogens (tertiary/aromatic N) is 3. The molecule has 1 N–H and O–H groups in total. The number of rotatable bonds is 3. The molecule has 1 fully saturated rings. The van der Waals surface area contributed by atoms with Crippen molar-refractivity contribution in [2.75, 3.05) is 25.0 Å². The molecular formula is C15H23N3O2. The van der Waals surface area contributed by atoms with Gasteiger partial charge >= 0.3 is 0 Å². The highest BCUT2D eigenvalue weighted by Gasteiger charge is 2.40. The molecule has 1 atom stereocenters. The van der Waals surface area contributed by atoms with E-state index in [1.165, 1.54) is 0 Å². The normalized spacial score (nSPS) is 20.1. The van der Waals surface area contributed by atoms with Crippen LogP contribution in [0, 0.1) is 0 Å². The summed E-state index contributed by atoms with van der Waals surface area (Å²) in [6.07, 6.45) is 1.87. The number of likely N-dealkylation sites (N-methyl/N-ethyl adjacent to an activating group) is 1. The van der Waals surface area contributed by atoms with Gasteiger partial charge in [0.05, 0.1) is 23.7 Å². The van der Waals surface area contributed by atoms with Crippen LogP contribution in [-0.4, -0.2) is 46.6 Å². The molecule has 0 aliphatic carbocycles. The van der Waals surface area contributed by atoms with Crippen LogP contribution in [-0.2, 0) is 4.79 Å². The number of carbonyl (C=O) groups excluding carboxylic acids is 1. The lowest BCUT2D eigenvalue weighted by molar-refractivity contribution is -0.136. The minimum atomic E-state index is -0.570. The van der Waals surface area contributed by atoms with Gasteiger partial charge in [-0.15, -0.1) is 0 Å². The second kappa shape index (κ2) is 5.40. The van der Waals surface area contributed by atoms with Crippen molar-refractivity contribution < 1.29 is 9.90 Å². The molecule has 1 aliphatic heterocycles. The lowest BCUT2D eigenvalue weighted by atomic mass is 9.97. The summed E-state index contributed by atoms with van der Waals surface area (Å²) < 4.78 is 0. The van der Waals surface area contributed by atoms with E-state index in [9.17, 15) is 9.90 Å². The zero-order valence-electron chi connectivity index (χ0n) is 12.6. The summed E-state index contributed by atoms with van der Waals surface area (Å²) in [5, 5.41) is 9.77. The van der Waals surface area contributed by atoms with Gasteiger partial charge in [0.1, 0.15) is 5.54 Å². The zero-order valence-corrected chi connectivity index (χ0v) is 12.6. The minimum absolute atomic E-state index is 0.112. The molecule has 2 rings (SSSR count). The third-order valence-electron chi connectivity index (χ3n) is 4.01. The highest BCUT2D eigenvalue weighted by atomic mass is 16.3. The number of piperazine rings is 1. The maximum absolute atomic E-state index is 12.3. The molecule has 2 heterocycles. The van der Waals surface area contributed by atoms with Crippen molar-refractivity contribution >= 4 is 11.6 Å². The lowest BCUT2D eigenvalue weighted by Crippen LogP contribution is -2.62. The second-order valence-electron chi connectivity index (χ2n) is 5.80. The first-order valence-corrected chi connectivity index (χ1v) is 7.05. The molecule has 1 amide bonds.